The van der Waals surface area contributed by atoms with Crippen LogP contribution in [0, 0.1) is 6.92 Å². The molecule has 19 heavy (non-hydrogen) atoms. The van der Waals surface area contributed by atoms with Crippen LogP contribution < -0.4 is 4.74 Å². The van der Waals surface area contributed by atoms with Crippen molar-refractivity contribution in [2.45, 2.75) is 13.5 Å². The fraction of sp³-hybridized carbons (Fsp3) is 0.133. The number of oxazole rings is 1. The van der Waals surface area contributed by atoms with E-state index in [0.717, 1.165) is 27.4 Å². The van der Waals surface area contributed by atoms with Crippen molar-refractivity contribution in [2.75, 3.05) is 0 Å². The summed E-state index contributed by atoms with van der Waals surface area (Å²) in [5.74, 6) is 1.42. The van der Waals surface area contributed by atoms with Gasteiger partial charge in [-0.15, -0.1) is 0 Å². The molecule has 3 rings (SSSR count). The molecule has 0 spiro atoms. The molecule has 1 heterocycles. The summed E-state index contributed by atoms with van der Waals surface area (Å²) in [6.07, 6.45) is 0. The average Bonchev–Trinajstić information content (AvgIpc) is 2.77. The van der Waals surface area contributed by atoms with E-state index in [-0.39, 0.29) is 0 Å². The molecule has 0 radical (unpaired) electrons. The van der Waals surface area contributed by atoms with E-state index in [0.29, 0.717) is 12.5 Å². The van der Waals surface area contributed by atoms with Crippen molar-refractivity contribution in [1.82, 2.24) is 4.98 Å². The molecule has 4 heteroatoms. The van der Waals surface area contributed by atoms with Crippen LogP contribution in [-0.2, 0) is 6.61 Å². The van der Waals surface area contributed by atoms with E-state index in [2.05, 4.69) is 4.98 Å². The van der Waals surface area contributed by atoms with Crippen LogP contribution in [0.5, 0.6) is 5.75 Å². The maximum absolute atomic E-state index is 5.84. The highest BCUT2D eigenvalue weighted by molar-refractivity contribution is 6.30. The van der Waals surface area contributed by atoms with Gasteiger partial charge in [0.1, 0.15) is 17.9 Å². The minimum absolute atomic E-state index is 0.496. The molecule has 0 fully saturated rings. The summed E-state index contributed by atoms with van der Waals surface area (Å²) in [6, 6.07) is 13.2. The molecule has 0 atom stereocenters. The highest BCUT2D eigenvalue weighted by Gasteiger charge is 2.04. The van der Waals surface area contributed by atoms with Crippen LogP contribution in [-0.4, -0.2) is 4.98 Å². The van der Waals surface area contributed by atoms with Gasteiger partial charge >= 0.3 is 0 Å². The largest absolute Gasteiger partial charge is 0.489 e. The molecule has 0 saturated carbocycles. The zero-order valence-electron chi connectivity index (χ0n) is 10.4. The van der Waals surface area contributed by atoms with Crippen LogP contribution in [0.25, 0.3) is 11.1 Å². The number of aromatic nitrogens is 1. The number of benzene rings is 2. The molecule has 0 saturated heterocycles. The fourth-order valence-electron chi connectivity index (χ4n) is 1.86. The first-order valence-corrected chi connectivity index (χ1v) is 6.33. The Morgan fingerprint density at radius 2 is 1.95 bits per heavy atom. The maximum atomic E-state index is 5.84. The number of hydrogen-bond acceptors (Lipinski definition) is 3. The summed E-state index contributed by atoms with van der Waals surface area (Å²) in [5, 5.41) is 0.724. The molecule has 0 unspecified atom stereocenters. The van der Waals surface area contributed by atoms with Gasteiger partial charge in [-0.1, -0.05) is 23.7 Å². The smallest absolute Gasteiger partial charge is 0.192 e. The van der Waals surface area contributed by atoms with Gasteiger partial charge in [0.05, 0.1) is 0 Å². The van der Waals surface area contributed by atoms with E-state index < -0.39 is 0 Å². The van der Waals surface area contributed by atoms with Gasteiger partial charge in [0, 0.05) is 18.0 Å². The van der Waals surface area contributed by atoms with E-state index in [1.54, 1.807) is 0 Å². The van der Waals surface area contributed by atoms with E-state index in [1.807, 2.05) is 49.4 Å². The van der Waals surface area contributed by atoms with Crippen LogP contribution in [0.15, 0.2) is 46.9 Å². The van der Waals surface area contributed by atoms with E-state index >= 15 is 0 Å². The van der Waals surface area contributed by atoms with Crippen molar-refractivity contribution in [1.29, 1.82) is 0 Å². The van der Waals surface area contributed by atoms with E-state index in [4.69, 9.17) is 20.8 Å². The van der Waals surface area contributed by atoms with Gasteiger partial charge in [0.15, 0.2) is 11.5 Å². The summed E-state index contributed by atoms with van der Waals surface area (Å²) >= 11 is 5.84. The molecule has 96 valence electrons. The predicted molar refractivity (Wildman–Crippen MR) is 74.5 cm³/mol. The van der Waals surface area contributed by atoms with Gasteiger partial charge in [0.2, 0.25) is 0 Å². The lowest BCUT2D eigenvalue weighted by Crippen LogP contribution is -1.94. The van der Waals surface area contributed by atoms with Crippen molar-refractivity contribution in [3.8, 4) is 5.75 Å². The topological polar surface area (TPSA) is 35.3 Å². The minimum atomic E-state index is 0.496. The van der Waals surface area contributed by atoms with Gasteiger partial charge in [-0.05, 0) is 29.8 Å². The molecule has 2 aromatic carbocycles. The molecule has 1 aromatic heterocycles. The fourth-order valence-corrected chi connectivity index (χ4v) is 1.98. The third-order valence-corrected chi connectivity index (χ3v) is 3.04. The molecule has 0 amide bonds. The van der Waals surface area contributed by atoms with Crippen molar-refractivity contribution in [3.05, 3.63) is 58.9 Å². The highest BCUT2D eigenvalue weighted by atomic mass is 35.5. The molecule has 0 aliphatic rings. The van der Waals surface area contributed by atoms with Crippen molar-refractivity contribution >= 4 is 22.7 Å². The number of rotatable bonds is 3. The van der Waals surface area contributed by atoms with Gasteiger partial charge in [-0.3, -0.25) is 0 Å². The third kappa shape index (κ3) is 2.71. The van der Waals surface area contributed by atoms with Crippen LogP contribution in [0.2, 0.25) is 5.02 Å². The first-order valence-electron chi connectivity index (χ1n) is 5.95. The van der Waals surface area contributed by atoms with Crippen LogP contribution in [0.3, 0.4) is 0 Å². The monoisotopic (exact) mass is 273 g/mol. The second-order valence-electron chi connectivity index (χ2n) is 4.28. The third-order valence-electron chi connectivity index (χ3n) is 2.79. The maximum Gasteiger partial charge on any atom is 0.192 e. The lowest BCUT2D eigenvalue weighted by atomic mass is 10.2. The lowest BCUT2D eigenvalue weighted by molar-refractivity contribution is 0.306. The molecular formula is C15H12ClNO2. The standard InChI is InChI=1S/C15H12ClNO2/c1-10-17-14-7-6-13(8-15(14)19-10)18-9-11-2-4-12(16)5-3-11/h2-8H,9H2,1H3. The summed E-state index contributed by atoms with van der Waals surface area (Å²) in [4.78, 5) is 4.25. The zero-order valence-corrected chi connectivity index (χ0v) is 11.1. The Bertz CT molecular complexity index is 704. The molecule has 3 aromatic rings. The molecule has 0 bridgehead atoms. The Morgan fingerprint density at radius 3 is 2.74 bits per heavy atom. The Labute approximate surface area is 115 Å². The molecule has 0 aliphatic carbocycles. The summed E-state index contributed by atoms with van der Waals surface area (Å²) < 4.78 is 11.2. The first-order chi connectivity index (χ1) is 9.20. The van der Waals surface area contributed by atoms with Gasteiger partial charge in [-0.2, -0.15) is 0 Å². The zero-order chi connectivity index (χ0) is 13.2. The molecule has 0 N–H and O–H groups in total. The summed E-state index contributed by atoms with van der Waals surface area (Å²) in [7, 11) is 0. The van der Waals surface area contributed by atoms with Gasteiger partial charge in [0.25, 0.3) is 0 Å². The Kier molecular flexibility index (Phi) is 3.13. The Balaban J connectivity index is 1.75. The van der Waals surface area contributed by atoms with E-state index in [1.165, 1.54) is 0 Å². The normalized spacial score (nSPS) is 10.8. The van der Waals surface area contributed by atoms with Crippen LogP contribution >= 0.6 is 11.6 Å². The number of aryl methyl sites for hydroxylation is 1. The Hall–Kier alpha value is -2.00. The second-order valence-corrected chi connectivity index (χ2v) is 4.71. The number of halogens is 1. The van der Waals surface area contributed by atoms with Gasteiger partial charge in [-0.25, -0.2) is 4.98 Å². The molecule has 0 aliphatic heterocycles. The van der Waals surface area contributed by atoms with Crippen molar-refractivity contribution in [2.24, 2.45) is 0 Å². The average molecular weight is 274 g/mol. The number of fused-ring (bicyclic) bond motifs is 1. The number of nitrogens with zero attached hydrogens (tertiary/aromatic N) is 1. The van der Waals surface area contributed by atoms with Crippen LogP contribution in [0.1, 0.15) is 11.5 Å². The SMILES string of the molecule is Cc1nc2ccc(OCc3ccc(Cl)cc3)cc2o1. The number of ether oxygens (including phenoxy) is 1. The van der Waals surface area contributed by atoms with E-state index in [9.17, 15) is 0 Å². The van der Waals surface area contributed by atoms with Gasteiger partial charge < -0.3 is 9.15 Å². The second kappa shape index (κ2) is 4.94. The predicted octanol–water partition coefficient (Wildman–Crippen LogP) is 4.37. The van der Waals surface area contributed by atoms with Crippen molar-refractivity contribution < 1.29 is 9.15 Å². The Morgan fingerprint density at radius 1 is 1.16 bits per heavy atom. The quantitative estimate of drug-likeness (QED) is 0.711. The highest BCUT2D eigenvalue weighted by Crippen LogP contribution is 2.22. The minimum Gasteiger partial charge on any atom is -0.489 e. The lowest BCUT2D eigenvalue weighted by Gasteiger charge is -2.05. The first kappa shape index (κ1) is 12.1. The number of hydrogen-bond donors (Lipinski definition) is 0. The van der Waals surface area contributed by atoms with Crippen molar-refractivity contribution in [3.63, 3.8) is 0 Å². The molecular weight excluding hydrogens is 262 g/mol. The molecule has 3 nitrogen and oxygen atoms in total. The summed E-state index contributed by atoms with van der Waals surface area (Å²) in [6.45, 7) is 2.32. The van der Waals surface area contributed by atoms with Crippen LogP contribution in [0.4, 0.5) is 0 Å². The summed E-state index contributed by atoms with van der Waals surface area (Å²) in [5.41, 5.74) is 2.65.